The molecule has 0 aromatic carbocycles. The van der Waals surface area contributed by atoms with Crippen LogP contribution in [0.1, 0.15) is 0 Å². The lowest BCUT2D eigenvalue weighted by molar-refractivity contribution is 0.585. The Kier molecular flexibility index (Phi) is 3.54. The second-order valence-corrected chi connectivity index (χ2v) is 9.13. The molecule has 0 unspecified atom stereocenters. The Morgan fingerprint density at radius 2 is 1.88 bits per heavy atom. The summed E-state index contributed by atoms with van der Waals surface area (Å²) < 4.78 is 5.55. The van der Waals surface area contributed by atoms with Crippen LogP contribution in [0.25, 0.3) is 0 Å². The minimum atomic E-state index is -1.18. The normalized spacial score (nSPS) is 13.5. The summed E-state index contributed by atoms with van der Waals surface area (Å²) in [5.74, 6) is 0. The van der Waals surface area contributed by atoms with Crippen LogP contribution in [0.2, 0.25) is 19.6 Å². The highest BCUT2D eigenvalue weighted by molar-refractivity contribution is 6.73. The Labute approximate surface area is 54.8 Å². The van der Waals surface area contributed by atoms with E-state index >= 15 is 0 Å². The molecule has 0 spiro atoms. The summed E-state index contributed by atoms with van der Waals surface area (Å²) in [4.78, 5) is 3.08. The van der Waals surface area contributed by atoms with E-state index in [0.717, 1.165) is 0 Å². The van der Waals surface area contributed by atoms with Crippen molar-refractivity contribution in [3.63, 3.8) is 0 Å². The van der Waals surface area contributed by atoms with Crippen LogP contribution in [0.5, 0.6) is 0 Å². The molecular formula is C4H15NOSi2. The lowest BCUT2D eigenvalue weighted by Gasteiger charge is -2.16. The first-order valence-electron chi connectivity index (χ1n) is 2.85. The van der Waals surface area contributed by atoms with Crippen LogP contribution in [0, 0.1) is 0 Å². The van der Waals surface area contributed by atoms with Crippen molar-refractivity contribution >= 4 is 18.2 Å². The van der Waals surface area contributed by atoms with E-state index < -0.39 is 8.32 Å². The van der Waals surface area contributed by atoms with Gasteiger partial charge >= 0.3 is 0 Å². The van der Waals surface area contributed by atoms with Gasteiger partial charge in [0.2, 0.25) is 9.92 Å². The van der Waals surface area contributed by atoms with Gasteiger partial charge in [-0.1, -0.05) is 0 Å². The summed E-state index contributed by atoms with van der Waals surface area (Å²) in [5.41, 5.74) is 0. The zero-order valence-corrected chi connectivity index (χ0v) is 8.53. The van der Waals surface area contributed by atoms with Crippen molar-refractivity contribution in [3.05, 3.63) is 0 Å². The predicted octanol–water partition coefficient (Wildman–Crippen LogP) is 0.0561. The van der Waals surface area contributed by atoms with Crippen LogP contribution in [0.4, 0.5) is 0 Å². The van der Waals surface area contributed by atoms with Crippen molar-refractivity contribution in [1.82, 2.24) is 4.98 Å². The van der Waals surface area contributed by atoms with E-state index in [4.69, 9.17) is 4.12 Å². The molecular weight excluding hydrogens is 134 g/mol. The van der Waals surface area contributed by atoms with Crippen molar-refractivity contribution in [1.29, 1.82) is 0 Å². The van der Waals surface area contributed by atoms with Crippen molar-refractivity contribution < 1.29 is 4.12 Å². The summed E-state index contributed by atoms with van der Waals surface area (Å²) in [6.07, 6.45) is 0. The number of hydrogen-bond acceptors (Lipinski definition) is 2. The van der Waals surface area contributed by atoms with Gasteiger partial charge in [-0.3, -0.25) is 0 Å². The van der Waals surface area contributed by atoms with Crippen LogP contribution in [0.15, 0.2) is 0 Å². The van der Waals surface area contributed by atoms with E-state index in [1.54, 1.807) is 0 Å². The first kappa shape index (κ1) is 8.35. The molecule has 0 bridgehead atoms. The van der Waals surface area contributed by atoms with Crippen molar-refractivity contribution in [2.45, 2.75) is 19.6 Å². The predicted molar refractivity (Wildman–Crippen MR) is 42.0 cm³/mol. The van der Waals surface area contributed by atoms with Crippen LogP contribution in [-0.4, -0.2) is 25.3 Å². The number of hydrogen-bond donors (Lipinski definition) is 1. The molecule has 0 saturated heterocycles. The molecule has 0 aliphatic carbocycles. The molecule has 0 atom stereocenters. The van der Waals surface area contributed by atoms with Gasteiger partial charge in [0.1, 0.15) is 0 Å². The molecule has 0 fully saturated rings. The average Bonchev–Trinajstić information content (AvgIpc) is 1.59. The van der Waals surface area contributed by atoms with Crippen molar-refractivity contribution in [2.24, 2.45) is 0 Å². The van der Waals surface area contributed by atoms with Gasteiger partial charge in [-0.05, 0) is 26.7 Å². The highest BCUT2D eigenvalue weighted by Gasteiger charge is 2.11. The highest BCUT2D eigenvalue weighted by atomic mass is 28.4. The van der Waals surface area contributed by atoms with E-state index in [1.165, 1.54) is 0 Å². The molecule has 8 heavy (non-hydrogen) atoms. The largest absolute Gasteiger partial charge is 0.449 e. The maximum Gasteiger partial charge on any atom is 0.224 e. The first-order chi connectivity index (χ1) is 3.56. The van der Waals surface area contributed by atoms with Crippen molar-refractivity contribution in [2.75, 3.05) is 7.05 Å². The zero-order chi connectivity index (χ0) is 6.62. The Morgan fingerprint density at radius 1 is 1.38 bits per heavy atom. The van der Waals surface area contributed by atoms with E-state index in [1.807, 2.05) is 7.05 Å². The third-order valence-corrected chi connectivity index (χ3v) is 4.98. The maximum atomic E-state index is 5.55. The Hall–Kier alpha value is 0.354. The average molecular weight is 149 g/mol. The molecule has 0 aromatic rings. The zero-order valence-electron chi connectivity index (χ0n) is 6.12. The summed E-state index contributed by atoms with van der Waals surface area (Å²) in [7, 11) is 0.401. The van der Waals surface area contributed by atoms with Gasteiger partial charge in [-0.2, -0.15) is 0 Å². The summed E-state index contributed by atoms with van der Waals surface area (Å²) >= 11 is 0. The summed E-state index contributed by atoms with van der Waals surface area (Å²) in [6.45, 7) is 6.62. The molecule has 0 aliphatic heterocycles. The Morgan fingerprint density at radius 3 is 2.00 bits per heavy atom. The van der Waals surface area contributed by atoms with Gasteiger partial charge in [0.15, 0.2) is 8.32 Å². The fraction of sp³-hybridized carbons (Fsp3) is 1.00. The molecule has 1 N–H and O–H groups in total. The minimum Gasteiger partial charge on any atom is -0.449 e. The van der Waals surface area contributed by atoms with Gasteiger partial charge in [-0.15, -0.1) is 0 Å². The Balaban J connectivity index is 3.11. The third kappa shape index (κ3) is 6.35. The fourth-order valence-corrected chi connectivity index (χ4v) is 2.60. The smallest absolute Gasteiger partial charge is 0.224 e. The fourth-order valence-electron chi connectivity index (χ4n) is 0.289. The molecule has 0 rings (SSSR count). The van der Waals surface area contributed by atoms with Crippen molar-refractivity contribution in [3.8, 4) is 0 Å². The van der Waals surface area contributed by atoms with Crippen LogP contribution in [0.3, 0.4) is 0 Å². The molecule has 4 heteroatoms. The molecule has 0 saturated carbocycles. The lowest BCUT2D eigenvalue weighted by Crippen LogP contribution is -2.32. The monoisotopic (exact) mass is 149 g/mol. The molecule has 2 nitrogen and oxygen atoms in total. The number of rotatable bonds is 3. The molecule has 0 radical (unpaired) electrons. The molecule has 0 aliphatic rings. The maximum absolute atomic E-state index is 5.55. The van der Waals surface area contributed by atoms with Gasteiger partial charge < -0.3 is 9.10 Å². The van der Waals surface area contributed by atoms with E-state index in [-0.39, 0.29) is 9.92 Å². The molecule has 0 amide bonds. The second-order valence-electron chi connectivity index (χ2n) is 2.75. The van der Waals surface area contributed by atoms with Gasteiger partial charge in [-0.25, -0.2) is 0 Å². The molecule has 0 aromatic heterocycles. The lowest BCUT2D eigenvalue weighted by atomic mass is 11.6. The van der Waals surface area contributed by atoms with Crippen LogP contribution in [-0.2, 0) is 4.12 Å². The van der Waals surface area contributed by atoms with Gasteiger partial charge in [0.25, 0.3) is 0 Å². The molecule has 0 heterocycles. The minimum absolute atomic E-state index is 0.371. The van der Waals surface area contributed by atoms with Crippen LogP contribution < -0.4 is 4.98 Å². The highest BCUT2D eigenvalue weighted by Crippen LogP contribution is 1.98. The standard InChI is InChI=1S/C4H15NOSi2/c1-5-7-6-8(2,3)4/h5H,7H2,1-4H3. The topological polar surface area (TPSA) is 21.3 Å². The second kappa shape index (κ2) is 3.39. The number of nitrogens with one attached hydrogen (secondary N) is 1. The molecule has 50 valence electrons. The first-order valence-corrected chi connectivity index (χ1v) is 7.54. The summed E-state index contributed by atoms with van der Waals surface area (Å²) in [5, 5.41) is 0. The summed E-state index contributed by atoms with van der Waals surface area (Å²) in [6, 6.07) is 0. The Bertz CT molecular complexity index is 61.5. The van der Waals surface area contributed by atoms with Gasteiger partial charge in [0, 0.05) is 0 Å². The van der Waals surface area contributed by atoms with Gasteiger partial charge in [0.05, 0.1) is 0 Å². The van der Waals surface area contributed by atoms with E-state index in [2.05, 4.69) is 24.6 Å². The van der Waals surface area contributed by atoms with Crippen LogP contribution >= 0.6 is 0 Å². The van der Waals surface area contributed by atoms with E-state index in [0.29, 0.717) is 0 Å². The quantitative estimate of drug-likeness (QED) is 0.573. The van der Waals surface area contributed by atoms with E-state index in [9.17, 15) is 0 Å². The SMILES string of the molecule is CN[SiH2]O[Si](C)(C)C. The third-order valence-electron chi connectivity index (χ3n) is 0.650.